The summed E-state index contributed by atoms with van der Waals surface area (Å²) in [5.74, 6) is -1.26. The molecule has 2 aliphatic heterocycles. The van der Waals surface area contributed by atoms with E-state index in [9.17, 15) is 36.0 Å². The number of carbonyl (C=O) groups is 4. The number of carbonyl (C=O) groups excluding carboxylic acids is 4. The zero-order valence-electron chi connectivity index (χ0n) is 42.9. The molecule has 390 valence electrons. The lowest BCUT2D eigenvalue weighted by Crippen LogP contribution is -2.61. The standard InChI is InChI=1S/C26H30IN3O6S.C26H31N3O6S/c1-16-7-9-18(10-8-16)37(33,34)30-22(27)13-20-21(12-11-19(23(20)30)24(31)35-6)28(5)17-14-29(15-17)25(32)36-26(2,3)4;1-17-7-9-19(10-8-17)36(32,33)29-14-13-20-22(12-11-21(23(20)29)24(30)34-6)27(5)18-15-28(16-18)25(31)35-26(2,3)4/h7-13,17H,14-15H2,1-6H3;7-14,18H,15-16H2,1-6H3. The molecule has 2 aliphatic rings. The largest absolute Gasteiger partial charge is 0.465 e. The van der Waals surface area contributed by atoms with Crippen molar-refractivity contribution >= 4 is 99.9 Å². The van der Waals surface area contributed by atoms with E-state index in [1.807, 2.05) is 102 Å². The van der Waals surface area contributed by atoms with Crippen LogP contribution in [0.25, 0.3) is 21.8 Å². The van der Waals surface area contributed by atoms with E-state index in [1.165, 1.54) is 24.4 Å². The highest BCUT2D eigenvalue weighted by molar-refractivity contribution is 14.1. The molecule has 0 bridgehead atoms. The molecule has 8 rings (SSSR count). The summed E-state index contributed by atoms with van der Waals surface area (Å²) in [4.78, 5) is 57.5. The Balaban J connectivity index is 0.000000214. The number of hydrogen-bond acceptors (Lipinski definition) is 14. The Morgan fingerprint density at radius 2 is 0.973 bits per heavy atom. The zero-order valence-corrected chi connectivity index (χ0v) is 46.7. The van der Waals surface area contributed by atoms with Gasteiger partial charge >= 0.3 is 24.1 Å². The van der Waals surface area contributed by atoms with Crippen LogP contribution in [-0.2, 0) is 39.0 Å². The number of rotatable bonds is 10. The molecule has 0 unspecified atom stereocenters. The number of methoxy groups -OCH3 is 2. The van der Waals surface area contributed by atoms with Gasteiger partial charge in [0.1, 0.15) is 11.2 Å². The Morgan fingerprint density at radius 3 is 1.38 bits per heavy atom. The predicted molar refractivity (Wildman–Crippen MR) is 287 cm³/mol. The zero-order chi connectivity index (χ0) is 53.7. The van der Waals surface area contributed by atoms with E-state index < -0.39 is 43.2 Å². The van der Waals surface area contributed by atoms with E-state index in [0.717, 1.165) is 26.5 Å². The summed E-state index contributed by atoms with van der Waals surface area (Å²) in [6, 6.07) is 23.3. The minimum Gasteiger partial charge on any atom is -0.465 e. The highest BCUT2D eigenvalue weighted by Gasteiger charge is 2.39. The van der Waals surface area contributed by atoms with Gasteiger partial charge in [0, 0.05) is 68.6 Å². The van der Waals surface area contributed by atoms with E-state index >= 15 is 0 Å². The molecule has 0 saturated carbocycles. The fraction of sp³-hybridized carbons (Fsp3) is 0.385. The molecule has 2 amide bonds. The van der Waals surface area contributed by atoms with Gasteiger partial charge in [-0.25, -0.2) is 44.0 Å². The van der Waals surface area contributed by atoms with Crippen molar-refractivity contribution < 1.29 is 55.0 Å². The van der Waals surface area contributed by atoms with Crippen molar-refractivity contribution in [2.45, 2.75) is 88.5 Å². The molecule has 73 heavy (non-hydrogen) atoms. The number of likely N-dealkylation sites (tertiary alicyclic amines) is 2. The van der Waals surface area contributed by atoms with Gasteiger partial charge in [0.2, 0.25) is 0 Å². The third-order valence-electron chi connectivity index (χ3n) is 12.5. The molecule has 0 aliphatic carbocycles. The lowest BCUT2D eigenvalue weighted by molar-refractivity contribution is 0.00762. The number of aryl methyl sites for hydroxylation is 2. The SMILES string of the molecule is COC(=O)c1ccc(N(C)C2CN(C(=O)OC(C)(C)C)C2)c2cc(I)n(S(=O)(=O)c3ccc(C)cc3)c12.COC(=O)c1ccc(N(C)C2CN(C(=O)OC(C)(C)C)C2)c2ccn(S(=O)(=O)c3ccc(C)cc3)c12. The Morgan fingerprint density at radius 1 is 0.575 bits per heavy atom. The first-order valence-electron chi connectivity index (χ1n) is 23.3. The topological polar surface area (TPSA) is 196 Å². The maximum absolute atomic E-state index is 13.8. The lowest BCUT2D eigenvalue weighted by atomic mass is 10.0. The highest BCUT2D eigenvalue weighted by Crippen LogP contribution is 2.38. The van der Waals surface area contributed by atoms with Gasteiger partial charge in [0.15, 0.2) is 0 Å². The van der Waals surface area contributed by atoms with Crippen LogP contribution < -0.4 is 9.80 Å². The molecular weight excluding hydrogens is 1090 g/mol. The number of amides is 2. The number of anilines is 2. The molecule has 2 fully saturated rings. The summed E-state index contributed by atoms with van der Waals surface area (Å²) in [6.07, 6.45) is 0.721. The predicted octanol–water partition coefficient (Wildman–Crippen LogP) is 8.66. The van der Waals surface area contributed by atoms with E-state index in [2.05, 4.69) is 0 Å². The first-order chi connectivity index (χ1) is 34.1. The maximum Gasteiger partial charge on any atom is 0.410 e. The average Bonchev–Trinajstić information content (AvgIpc) is 3.89. The Bertz CT molecular complexity index is 3330. The van der Waals surface area contributed by atoms with E-state index in [1.54, 1.807) is 94.7 Å². The number of ether oxygens (including phenoxy) is 4. The van der Waals surface area contributed by atoms with Crippen molar-refractivity contribution in [3.8, 4) is 0 Å². The fourth-order valence-electron chi connectivity index (χ4n) is 8.44. The third kappa shape index (κ3) is 11.1. The monoisotopic (exact) mass is 1150 g/mol. The van der Waals surface area contributed by atoms with E-state index in [0.29, 0.717) is 40.7 Å². The molecule has 6 aromatic rings. The van der Waals surface area contributed by atoms with Crippen LogP contribution in [0, 0.1) is 17.5 Å². The molecule has 0 atom stereocenters. The third-order valence-corrected chi connectivity index (χ3v) is 17.0. The van der Waals surface area contributed by atoms with Crippen LogP contribution in [-0.4, -0.2) is 136 Å². The van der Waals surface area contributed by atoms with Crippen molar-refractivity contribution in [2.75, 3.05) is 64.3 Å². The van der Waals surface area contributed by atoms with Crippen LogP contribution in [0.5, 0.6) is 0 Å². The van der Waals surface area contributed by atoms with Crippen molar-refractivity contribution in [2.24, 2.45) is 0 Å². The number of esters is 2. The van der Waals surface area contributed by atoms with Gasteiger partial charge < -0.3 is 38.5 Å². The van der Waals surface area contributed by atoms with Gasteiger partial charge in [0.05, 0.1) is 62.0 Å². The first kappa shape index (κ1) is 54.4. The van der Waals surface area contributed by atoms with Crippen LogP contribution in [0.2, 0.25) is 0 Å². The van der Waals surface area contributed by atoms with Gasteiger partial charge in [-0.2, -0.15) is 0 Å². The number of halogens is 1. The number of benzene rings is 4. The second kappa shape index (κ2) is 20.5. The van der Waals surface area contributed by atoms with Crippen molar-refractivity contribution in [3.05, 3.63) is 117 Å². The van der Waals surface area contributed by atoms with Crippen LogP contribution in [0.4, 0.5) is 21.0 Å². The molecule has 4 aromatic carbocycles. The number of aromatic nitrogens is 2. The molecule has 21 heteroatoms. The molecule has 0 N–H and O–H groups in total. The van der Waals surface area contributed by atoms with Gasteiger partial charge in [-0.05, 0) is 139 Å². The second-order valence-corrected chi connectivity index (χ2v) is 24.8. The number of hydrogen-bond donors (Lipinski definition) is 0. The summed E-state index contributed by atoms with van der Waals surface area (Å²) < 4.78 is 78.2. The molecule has 0 radical (unpaired) electrons. The van der Waals surface area contributed by atoms with Crippen LogP contribution in [0.15, 0.2) is 101 Å². The van der Waals surface area contributed by atoms with Gasteiger partial charge in [-0.1, -0.05) is 35.4 Å². The van der Waals surface area contributed by atoms with Crippen molar-refractivity contribution in [1.29, 1.82) is 0 Å². The quantitative estimate of drug-likeness (QED) is 0.0718. The summed E-state index contributed by atoms with van der Waals surface area (Å²) in [5.41, 5.74) is 3.00. The highest BCUT2D eigenvalue weighted by atomic mass is 127. The van der Waals surface area contributed by atoms with Crippen LogP contribution in [0.1, 0.15) is 73.4 Å². The number of likely N-dealkylation sites (N-methyl/N-ethyl adjacent to an activating group) is 2. The fourth-order valence-corrected chi connectivity index (χ4v) is 12.5. The second-order valence-electron chi connectivity index (χ2n) is 20.1. The summed E-state index contributed by atoms with van der Waals surface area (Å²) in [6.45, 7) is 16.6. The summed E-state index contributed by atoms with van der Waals surface area (Å²) >= 11 is 1.97. The van der Waals surface area contributed by atoms with E-state index in [4.69, 9.17) is 18.9 Å². The molecule has 2 saturated heterocycles. The summed E-state index contributed by atoms with van der Waals surface area (Å²) in [7, 11) is -1.69. The van der Waals surface area contributed by atoms with Crippen molar-refractivity contribution in [3.63, 3.8) is 0 Å². The Kier molecular flexibility index (Phi) is 15.3. The van der Waals surface area contributed by atoms with Gasteiger partial charge in [-0.15, -0.1) is 0 Å². The van der Waals surface area contributed by atoms with Crippen LogP contribution in [0.3, 0.4) is 0 Å². The molecular formula is C52H61IN6O12S2. The summed E-state index contributed by atoms with van der Waals surface area (Å²) in [5, 5.41) is 1.19. The minimum absolute atomic E-state index is 0.00162. The van der Waals surface area contributed by atoms with Gasteiger partial charge in [0.25, 0.3) is 20.0 Å². The number of fused-ring (bicyclic) bond motifs is 2. The average molecular weight is 1150 g/mol. The maximum atomic E-state index is 13.8. The van der Waals surface area contributed by atoms with Crippen LogP contribution >= 0.6 is 22.6 Å². The molecule has 4 heterocycles. The Labute approximate surface area is 439 Å². The minimum atomic E-state index is -4.01. The van der Waals surface area contributed by atoms with E-state index in [-0.39, 0.29) is 56.2 Å². The smallest absolute Gasteiger partial charge is 0.410 e. The molecule has 2 aromatic heterocycles. The van der Waals surface area contributed by atoms with Crippen molar-refractivity contribution in [1.82, 2.24) is 17.7 Å². The molecule has 18 nitrogen and oxygen atoms in total. The lowest BCUT2D eigenvalue weighted by Gasteiger charge is -2.45. The first-order valence-corrected chi connectivity index (χ1v) is 27.2. The Hall–Kier alpha value is -6.33. The van der Waals surface area contributed by atoms with Gasteiger partial charge in [-0.3, -0.25) is 0 Å². The normalized spacial score (nSPS) is 14.4. The number of nitrogens with zero attached hydrogens (tertiary/aromatic N) is 6. The molecule has 0 spiro atoms.